The molecule has 3 aromatic heterocycles. The summed E-state index contributed by atoms with van der Waals surface area (Å²) in [7, 11) is 0. The van der Waals surface area contributed by atoms with Crippen molar-refractivity contribution in [3.8, 4) is 34.3 Å². The van der Waals surface area contributed by atoms with Crippen molar-refractivity contribution >= 4 is 46.9 Å². The predicted molar refractivity (Wildman–Crippen MR) is 178 cm³/mol. The maximum atomic E-state index is 6.02. The zero-order chi connectivity index (χ0) is 31.6. The minimum atomic E-state index is 0.326. The number of hydrazone groups is 2. The number of hydrogen-bond donors (Lipinski definition) is 4. The molecule has 11 nitrogen and oxygen atoms in total. The summed E-state index contributed by atoms with van der Waals surface area (Å²) in [6, 6.07) is 32.8. The SMILES string of the molecule is C=[N+](N)c1ccc2nc(-c3ccc(OCc4cccc(COc5ccc(-c6nc7ccc([N+](=C)N)cc7[nH]6)cc5)n4)cc3)[nH]c2c1. The second kappa shape index (κ2) is 11.9. The van der Waals surface area contributed by atoms with Gasteiger partial charge in [0.05, 0.1) is 33.5 Å². The molecule has 0 saturated heterocycles. The van der Waals surface area contributed by atoms with Crippen LogP contribution in [0.5, 0.6) is 11.5 Å². The number of hydrazine groups is 2. The Labute approximate surface area is 264 Å². The molecule has 7 aromatic rings. The molecule has 46 heavy (non-hydrogen) atoms. The molecule has 7 rings (SSSR count). The molecular formula is C35H31N9O2+2. The molecule has 6 N–H and O–H groups in total. The van der Waals surface area contributed by atoms with Gasteiger partial charge in [-0.25, -0.2) is 21.7 Å². The molecule has 0 aliphatic heterocycles. The Morgan fingerprint density at radius 2 is 1.00 bits per heavy atom. The highest BCUT2D eigenvalue weighted by Gasteiger charge is 2.12. The third-order valence-electron chi connectivity index (χ3n) is 7.49. The van der Waals surface area contributed by atoms with E-state index in [0.29, 0.717) is 13.2 Å². The van der Waals surface area contributed by atoms with Crippen molar-refractivity contribution in [1.82, 2.24) is 24.9 Å². The van der Waals surface area contributed by atoms with Gasteiger partial charge >= 0.3 is 0 Å². The highest BCUT2D eigenvalue weighted by atomic mass is 16.5. The maximum absolute atomic E-state index is 6.02. The standard InChI is InChI=1S/C35H31N9O2/c1-43(36)26-10-16-30-32(18-26)41-34(39-30)22-6-12-28(13-7-22)45-20-24-4-3-5-25(38-24)21-46-29-14-8-23(9-15-29)35-40-31-17-11-27(44(2)37)19-33(31)42-35/h3-19H,1-2,20-21,36-37H2,(H,39,41)(H,40,42)/q+2. The normalized spacial score (nSPS) is 11.1. The van der Waals surface area contributed by atoms with Crippen LogP contribution in [0.1, 0.15) is 11.4 Å². The monoisotopic (exact) mass is 609 g/mol. The number of nitrogens with one attached hydrogen (secondary N) is 2. The van der Waals surface area contributed by atoms with Crippen molar-refractivity contribution in [2.75, 3.05) is 0 Å². The number of H-pyrrole nitrogens is 2. The van der Waals surface area contributed by atoms with Crippen LogP contribution >= 0.6 is 0 Å². The van der Waals surface area contributed by atoms with Gasteiger partial charge in [0.1, 0.15) is 36.4 Å². The minimum Gasteiger partial charge on any atom is -0.487 e. The van der Waals surface area contributed by atoms with Crippen molar-refractivity contribution in [3.63, 3.8) is 0 Å². The minimum absolute atomic E-state index is 0.326. The molecule has 0 unspecified atom stereocenters. The number of hydrogen-bond acceptors (Lipinski definition) is 7. The number of ether oxygens (including phenoxy) is 2. The van der Waals surface area contributed by atoms with E-state index in [-0.39, 0.29) is 0 Å². The number of fused-ring (bicyclic) bond motifs is 2. The van der Waals surface area contributed by atoms with Gasteiger partial charge in [-0.05, 0) is 72.8 Å². The van der Waals surface area contributed by atoms with Crippen molar-refractivity contribution < 1.29 is 18.8 Å². The van der Waals surface area contributed by atoms with Crippen molar-refractivity contribution in [1.29, 1.82) is 0 Å². The highest BCUT2D eigenvalue weighted by molar-refractivity contribution is 5.82. The second-order valence-corrected chi connectivity index (χ2v) is 10.8. The first-order valence-corrected chi connectivity index (χ1v) is 14.5. The quantitative estimate of drug-likeness (QED) is 0.0667. The smallest absolute Gasteiger partial charge is 0.236 e. The van der Waals surface area contributed by atoms with E-state index in [9.17, 15) is 0 Å². The third-order valence-corrected chi connectivity index (χ3v) is 7.49. The molecule has 0 saturated carbocycles. The fraction of sp³-hybridized carbons (Fsp3) is 0.0571. The van der Waals surface area contributed by atoms with Crippen LogP contribution in [0.4, 0.5) is 11.4 Å². The molecule has 0 aliphatic rings. The van der Waals surface area contributed by atoms with E-state index < -0.39 is 0 Å². The van der Waals surface area contributed by atoms with Gasteiger partial charge in [0.15, 0.2) is 13.4 Å². The average molecular weight is 610 g/mol. The number of rotatable bonds is 10. The van der Waals surface area contributed by atoms with Crippen molar-refractivity contribution in [3.05, 3.63) is 115 Å². The Balaban J connectivity index is 0.947. The molecule has 0 aliphatic carbocycles. The lowest BCUT2D eigenvalue weighted by molar-refractivity contribution is -0.442. The Morgan fingerprint density at radius 3 is 1.41 bits per heavy atom. The van der Waals surface area contributed by atoms with Crippen LogP contribution in [0.3, 0.4) is 0 Å². The van der Waals surface area contributed by atoms with Crippen LogP contribution < -0.4 is 21.2 Å². The Morgan fingerprint density at radius 1 is 0.565 bits per heavy atom. The number of pyridine rings is 1. The van der Waals surface area contributed by atoms with Crippen LogP contribution in [0.25, 0.3) is 44.8 Å². The molecule has 0 bridgehead atoms. The predicted octanol–water partition coefficient (Wildman–Crippen LogP) is 5.76. The van der Waals surface area contributed by atoms with E-state index in [1.165, 1.54) is 9.37 Å². The molecule has 4 aromatic carbocycles. The fourth-order valence-electron chi connectivity index (χ4n) is 5.05. The number of nitrogens with zero attached hydrogens (tertiary/aromatic N) is 5. The number of imidazole rings is 2. The van der Waals surface area contributed by atoms with Gasteiger partial charge in [-0.2, -0.15) is 0 Å². The average Bonchev–Trinajstić information content (AvgIpc) is 3.71. The summed E-state index contributed by atoms with van der Waals surface area (Å²) in [5.74, 6) is 14.5. The summed E-state index contributed by atoms with van der Waals surface area (Å²) in [5.41, 5.74) is 8.55. The fourth-order valence-corrected chi connectivity index (χ4v) is 5.05. The topological polar surface area (TPSA) is 147 Å². The highest BCUT2D eigenvalue weighted by Crippen LogP contribution is 2.27. The molecule has 0 spiro atoms. The van der Waals surface area contributed by atoms with E-state index in [1.54, 1.807) is 0 Å². The van der Waals surface area contributed by atoms with Gasteiger partial charge in [0, 0.05) is 35.4 Å². The molecule has 0 amide bonds. The lowest BCUT2D eigenvalue weighted by Gasteiger charge is -2.09. The molecule has 3 heterocycles. The zero-order valence-electron chi connectivity index (χ0n) is 24.9. The number of aromatic amines is 2. The van der Waals surface area contributed by atoms with Crippen LogP contribution in [-0.2, 0) is 13.2 Å². The van der Waals surface area contributed by atoms with E-state index in [4.69, 9.17) is 26.1 Å². The maximum Gasteiger partial charge on any atom is 0.236 e. The largest absolute Gasteiger partial charge is 0.487 e. The summed E-state index contributed by atoms with van der Waals surface area (Å²) in [6.07, 6.45) is 0. The van der Waals surface area contributed by atoms with Gasteiger partial charge in [0.2, 0.25) is 11.4 Å². The lowest BCUT2D eigenvalue weighted by atomic mass is 10.2. The van der Waals surface area contributed by atoms with Crippen LogP contribution in [-0.4, -0.2) is 47.7 Å². The second-order valence-electron chi connectivity index (χ2n) is 10.8. The zero-order valence-corrected chi connectivity index (χ0v) is 24.9. The van der Waals surface area contributed by atoms with Gasteiger partial charge in [-0.15, -0.1) is 0 Å². The van der Waals surface area contributed by atoms with Gasteiger partial charge in [0.25, 0.3) is 0 Å². The first-order chi connectivity index (χ1) is 22.4. The number of nitrogens with two attached hydrogens (primary N) is 2. The summed E-state index contributed by atoms with van der Waals surface area (Å²) < 4.78 is 14.7. The van der Waals surface area contributed by atoms with E-state index in [1.807, 2.05) is 103 Å². The molecule has 0 atom stereocenters. The van der Waals surface area contributed by atoms with Crippen molar-refractivity contribution in [2.24, 2.45) is 11.7 Å². The third kappa shape index (κ3) is 5.97. The van der Waals surface area contributed by atoms with Gasteiger partial charge in [-0.3, -0.25) is 4.98 Å². The number of aromatic nitrogens is 5. The molecule has 11 heteroatoms. The lowest BCUT2D eigenvalue weighted by Crippen LogP contribution is -2.09. The van der Waals surface area contributed by atoms with E-state index in [2.05, 4.69) is 33.4 Å². The summed E-state index contributed by atoms with van der Waals surface area (Å²) in [4.78, 5) is 20.7. The summed E-state index contributed by atoms with van der Waals surface area (Å²) in [6.45, 7) is 8.10. The molecule has 226 valence electrons. The molecular weight excluding hydrogens is 578 g/mol. The van der Waals surface area contributed by atoms with E-state index in [0.717, 1.165) is 79.1 Å². The van der Waals surface area contributed by atoms with Crippen LogP contribution in [0, 0.1) is 0 Å². The molecule has 0 fully saturated rings. The van der Waals surface area contributed by atoms with Gasteiger partial charge in [-0.1, -0.05) is 15.4 Å². The Bertz CT molecular complexity index is 2060. The van der Waals surface area contributed by atoms with E-state index >= 15 is 0 Å². The summed E-state index contributed by atoms with van der Waals surface area (Å²) in [5, 5.41) is 0. The number of benzene rings is 4. The van der Waals surface area contributed by atoms with Crippen LogP contribution in [0.15, 0.2) is 103 Å². The summed E-state index contributed by atoms with van der Waals surface area (Å²) >= 11 is 0. The first kappa shape index (κ1) is 28.3. The van der Waals surface area contributed by atoms with Crippen molar-refractivity contribution in [2.45, 2.75) is 13.2 Å². The Kier molecular flexibility index (Phi) is 7.31. The molecule has 0 radical (unpaired) electrons. The van der Waals surface area contributed by atoms with Crippen LogP contribution in [0.2, 0.25) is 0 Å². The Hall–Kier alpha value is -6.49. The van der Waals surface area contributed by atoms with Gasteiger partial charge < -0.3 is 19.4 Å². The first-order valence-electron chi connectivity index (χ1n) is 14.5.